The van der Waals surface area contributed by atoms with E-state index in [0.717, 1.165) is 4.68 Å². The topological polar surface area (TPSA) is 142 Å². The summed E-state index contributed by atoms with van der Waals surface area (Å²) in [4.78, 5) is 24.0. The van der Waals surface area contributed by atoms with Crippen LogP contribution in [0.2, 0.25) is 0 Å². The number of halogens is 3. The van der Waals surface area contributed by atoms with Crippen LogP contribution in [0.25, 0.3) is 28.0 Å². The fourth-order valence-electron chi connectivity index (χ4n) is 3.75. The lowest BCUT2D eigenvalue weighted by atomic mass is 10.1. The maximum absolute atomic E-state index is 14.2. The average molecular weight is 497 g/mol. The van der Waals surface area contributed by atoms with Crippen LogP contribution >= 0.6 is 0 Å². The Balaban J connectivity index is 1.98. The number of aliphatic imine (C=N–C) groups is 1. The Bertz CT molecular complexity index is 1500. The van der Waals surface area contributed by atoms with Crippen molar-refractivity contribution in [3.63, 3.8) is 0 Å². The standard InChI is InChI=1S/C23H22F3N9O/c1-3-30-15-8-13(21(28)36)4-5-17(15)35-22-19(20(33-35)23(24,25)26)18(6-7-31-22)34-11-16(32-12-34)14(9-27)10-29-2/h4-12,30H,3,27H2,1-2H3,(H2,28,36). The lowest BCUT2D eigenvalue weighted by Crippen LogP contribution is -2.13. The summed E-state index contributed by atoms with van der Waals surface area (Å²) >= 11 is 0. The molecule has 0 bridgehead atoms. The molecule has 1 amide bonds. The van der Waals surface area contributed by atoms with Gasteiger partial charge in [0.1, 0.15) is 0 Å². The van der Waals surface area contributed by atoms with E-state index in [1.807, 2.05) is 6.92 Å². The zero-order chi connectivity index (χ0) is 26.0. The number of fused-ring (bicyclic) bond motifs is 1. The minimum absolute atomic E-state index is 0.0363. The quantitative estimate of drug-likeness (QED) is 0.335. The van der Waals surface area contributed by atoms with Crippen molar-refractivity contribution in [1.29, 1.82) is 0 Å². The largest absolute Gasteiger partial charge is 0.435 e. The van der Waals surface area contributed by atoms with Gasteiger partial charge in [-0.05, 0) is 31.2 Å². The number of rotatable bonds is 7. The molecule has 4 rings (SSSR count). The fraction of sp³-hybridized carbons (Fsp3) is 0.174. The molecule has 186 valence electrons. The lowest BCUT2D eigenvalue weighted by molar-refractivity contribution is -0.140. The van der Waals surface area contributed by atoms with Gasteiger partial charge in [0, 0.05) is 49.5 Å². The number of amides is 1. The predicted octanol–water partition coefficient (Wildman–Crippen LogP) is 3.16. The van der Waals surface area contributed by atoms with Crippen molar-refractivity contribution in [2.45, 2.75) is 13.1 Å². The van der Waals surface area contributed by atoms with Gasteiger partial charge in [0.15, 0.2) is 11.3 Å². The highest BCUT2D eigenvalue weighted by atomic mass is 19.4. The molecule has 0 radical (unpaired) electrons. The van der Waals surface area contributed by atoms with Gasteiger partial charge in [-0.1, -0.05) is 0 Å². The van der Waals surface area contributed by atoms with Gasteiger partial charge in [-0.2, -0.15) is 18.3 Å². The number of nitrogens with zero attached hydrogens (tertiary/aromatic N) is 6. The van der Waals surface area contributed by atoms with Crippen LogP contribution in [0.4, 0.5) is 18.9 Å². The Morgan fingerprint density at radius 2 is 2.00 bits per heavy atom. The molecule has 13 heteroatoms. The Labute approximate surface area is 203 Å². The van der Waals surface area contributed by atoms with Crippen molar-refractivity contribution in [3.05, 3.63) is 66.1 Å². The lowest BCUT2D eigenvalue weighted by Gasteiger charge is -2.13. The van der Waals surface area contributed by atoms with E-state index >= 15 is 0 Å². The first-order chi connectivity index (χ1) is 17.2. The molecule has 3 aromatic heterocycles. The normalized spacial score (nSPS) is 12.5. The van der Waals surface area contributed by atoms with Crippen molar-refractivity contribution >= 4 is 34.4 Å². The SMILES string of the molecule is CCNc1cc(C(N)=O)ccc1-n1nc(C(F)(F)F)c2c(-n3cnc(C(C=NC)=CN)c3)ccnc21. The van der Waals surface area contributed by atoms with Gasteiger partial charge in [-0.25, -0.2) is 14.6 Å². The maximum Gasteiger partial charge on any atom is 0.435 e. The first-order valence-electron chi connectivity index (χ1n) is 10.7. The number of allylic oxidation sites excluding steroid dienone is 1. The molecule has 0 saturated heterocycles. The molecule has 3 heterocycles. The zero-order valence-corrected chi connectivity index (χ0v) is 19.3. The third-order valence-corrected chi connectivity index (χ3v) is 5.30. The van der Waals surface area contributed by atoms with E-state index in [0.29, 0.717) is 23.5 Å². The predicted molar refractivity (Wildman–Crippen MR) is 130 cm³/mol. The van der Waals surface area contributed by atoms with Gasteiger partial charge in [0.2, 0.25) is 5.91 Å². The summed E-state index contributed by atoms with van der Waals surface area (Å²) in [6.45, 7) is 2.25. The second-order valence-corrected chi connectivity index (χ2v) is 7.59. The van der Waals surface area contributed by atoms with E-state index in [1.165, 1.54) is 53.8 Å². The number of imidazole rings is 1. The third kappa shape index (κ3) is 4.37. The number of hydrogen-bond acceptors (Lipinski definition) is 7. The molecule has 0 fully saturated rings. The molecule has 1 aromatic carbocycles. The summed E-state index contributed by atoms with van der Waals surface area (Å²) in [6.07, 6.45) is 2.31. The van der Waals surface area contributed by atoms with Crippen LogP contribution in [-0.4, -0.2) is 50.0 Å². The molecule has 0 aliphatic rings. The molecule has 0 aliphatic heterocycles. The average Bonchev–Trinajstić information content (AvgIpc) is 3.48. The van der Waals surface area contributed by atoms with E-state index in [4.69, 9.17) is 11.5 Å². The highest BCUT2D eigenvalue weighted by Crippen LogP contribution is 2.38. The molecule has 5 N–H and O–H groups in total. The molecule has 4 aromatic rings. The van der Waals surface area contributed by atoms with Crippen LogP contribution in [0.5, 0.6) is 0 Å². The molecular weight excluding hydrogens is 475 g/mol. The highest BCUT2D eigenvalue weighted by molar-refractivity contribution is 6.08. The molecule has 0 unspecified atom stereocenters. The molecule has 0 spiro atoms. The number of primary amides is 1. The highest BCUT2D eigenvalue weighted by Gasteiger charge is 2.39. The van der Waals surface area contributed by atoms with E-state index in [1.54, 1.807) is 13.2 Å². The first-order valence-corrected chi connectivity index (χ1v) is 10.7. The number of nitrogens with one attached hydrogen (secondary N) is 1. The Kier molecular flexibility index (Phi) is 6.47. The van der Waals surface area contributed by atoms with E-state index in [9.17, 15) is 18.0 Å². The van der Waals surface area contributed by atoms with Crippen LogP contribution < -0.4 is 16.8 Å². The Morgan fingerprint density at radius 3 is 2.64 bits per heavy atom. The van der Waals surface area contributed by atoms with Crippen molar-refractivity contribution in [2.75, 3.05) is 18.9 Å². The summed E-state index contributed by atoms with van der Waals surface area (Å²) in [5.41, 5.74) is 11.8. The molecule has 0 atom stereocenters. The number of nitrogens with two attached hydrogens (primary N) is 2. The smallest absolute Gasteiger partial charge is 0.404 e. The van der Waals surface area contributed by atoms with Crippen LogP contribution in [0.3, 0.4) is 0 Å². The van der Waals surface area contributed by atoms with Crippen LogP contribution in [0.1, 0.15) is 28.7 Å². The molecule has 10 nitrogen and oxygen atoms in total. The number of carbonyl (C=O) groups is 1. The number of aromatic nitrogens is 5. The number of anilines is 1. The van der Waals surface area contributed by atoms with E-state index < -0.39 is 17.8 Å². The number of benzene rings is 1. The van der Waals surface area contributed by atoms with Crippen LogP contribution in [-0.2, 0) is 6.18 Å². The van der Waals surface area contributed by atoms with E-state index in [-0.39, 0.29) is 28.0 Å². The van der Waals surface area contributed by atoms with Gasteiger partial charge in [-0.3, -0.25) is 9.79 Å². The minimum Gasteiger partial charge on any atom is -0.404 e. The number of hydrogen-bond donors (Lipinski definition) is 3. The molecule has 36 heavy (non-hydrogen) atoms. The molecule has 0 saturated carbocycles. The molecular formula is C23H22F3N9O. The van der Waals surface area contributed by atoms with Crippen LogP contribution in [0, 0.1) is 0 Å². The number of carbonyl (C=O) groups excluding carboxylic acids is 1. The minimum atomic E-state index is -4.78. The molecule has 0 aliphatic carbocycles. The van der Waals surface area contributed by atoms with Gasteiger partial charge in [0.05, 0.1) is 34.5 Å². The van der Waals surface area contributed by atoms with Gasteiger partial charge in [-0.15, -0.1) is 0 Å². The summed E-state index contributed by atoms with van der Waals surface area (Å²) in [7, 11) is 1.56. The van der Waals surface area contributed by atoms with E-state index in [2.05, 4.69) is 25.4 Å². The summed E-state index contributed by atoms with van der Waals surface area (Å²) in [5, 5.41) is 6.72. The third-order valence-electron chi connectivity index (χ3n) is 5.30. The summed E-state index contributed by atoms with van der Waals surface area (Å²) < 4.78 is 45.1. The van der Waals surface area contributed by atoms with Crippen molar-refractivity contribution in [3.8, 4) is 11.4 Å². The number of alkyl halides is 3. The maximum atomic E-state index is 14.2. The zero-order valence-electron chi connectivity index (χ0n) is 19.3. The fourth-order valence-corrected chi connectivity index (χ4v) is 3.75. The second kappa shape index (κ2) is 9.52. The Hall–Kier alpha value is -4.68. The summed E-state index contributed by atoms with van der Waals surface area (Å²) in [6, 6.07) is 5.79. The van der Waals surface area contributed by atoms with Gasteiger partial charge in [0.25, 0.3) is 0 Å². The monoisotopic (exact) mass is 497 g/mol. The second-order valence-electron chi connectivity index (χ2n) is 7.59. The van der Waals surface area contributed by atoms with Gasteiger partial charge < -0.3 is 21.4 Å². The van der Waals surface area contributed by atoms with Crippen molar-refractivity contribution in [1.82, 2.24) is 24.3 Å². The first kappa shape index (κ1) is 24.4. The number of pyridine rings is 1. The Morgan fingerprint density at radius 1 is 1.22 bits per heavy atom. The van der Waals surface area contributed by atoms with Crippen molar-refractivity contribution < 1.29 is 18.0 Å². The van der Waals surface area contributed by atoms with Gasteiger partial charge >= 0.3 is 6.18 Å². The van der Waals surface area contributed by atoms with Crippen LogP contribution in [0.15, 0.2) is 54.2 Å². The van der Waals surface area contributed by atoms with Crippen molar-refractivity contribution in [2.24, 2.45) is 16.5 Å². The summed E-state index contributed by atoms with van der Waals surface area (Å²) in [5.74, 6) is -0.669.